The second-order valence-corrected chi connectivity index (χ2v) is 7.05. The monoisotopic (exact) mass is 476 g/mol. The fourth-order valence-electron chi connectivity index (χ4n) is 3.27. The van der Waals surface area contributed by atoms with E-state index in [0.717, 1.165) is 27.7 Å². The standard InChI is InChI=1S/C19H26F10O2/c1-7-16(8-2,18(26,27)12(21)11(5)20)31-15(6,25)19(28,29)17(9-3,10-4)30-14(24)13(22)23/h7-10H2,1-6H3/b12-11-. The lowest BCUT2D eigenvalue weighted by Gasteiger charge is -2.48. The van der Waals surface area contributed by atoms with Crippen molar-refractivity contribution in [1.82, 2.24) is 0 Å². The van der Waals surface area contributed by atoms with Crippen LogP contribution in [0.5, 0.6) is 0 Å². The maximum Gasteiger partial charge on any atom is 0.343 e. The lowest BCUT2D eigenvalue weighted by atomic mass is 9.83. The molecule has 0 fully saturated rings. The van der Waals surface area contributed by atoms with Gasteiger partial charge in [0.05, 0.1) is 0 Å². The van der Waals surface area contributed by atoms with E-state index in [4.69, 9.17) is 0 Å². The molecule has 0 aliphatic rings. The first-order valence-electron chi connectivity index (χ1n) is 9.45. The Bertz CT molecular complexity index is 669. The molecule has 0 bridgehead atoms. The maximum absolute atomic E-state index is 15.3. The van der Waals surface area contributed by atoms with E-state index in [1.807, 2.05) is 0 Å². The molecule has 0 heterocycles. The Morgan fingerprint density at radius 2 is 1.10 bits per heavy atom. The highest BCUT2D eigenvalue weighted by atomic mass is 19.3. The van der Waals surface area contributed by atoms with Gasteiger partial charge in [-0.3, -0.25) is 0 Å². The van der Waals surface area contributed by atoms with Crippen molar-refractivity contribution in [3.05, 3.63) is 23.7 Å². The summed E-state index contributed by atoms with van der Waals surface area (Å²) in [5, 5.41) is 0. The first-order chi connectivity index (χ1) is 13.9. The molecule has 0 aliphatic heterocycles. The zero-order valence-electron chi connectivity index (χ0n) is 17.9. The number of halogens is 10. The smallest absolute Gasteiger partial charge is 0.343 e. The van der Waals surface area contributed by atoms with Crippen LogP contribution in [0.2, 0.25) is 0 Å². The van der Waals surface area contributed by atoms with E-state index < -0.39 is 78.3 Å². The van der Waals surface area contributed by atoms with Crippen molar-refractivity contribution in [3.8, 4) is 0 Å². The first kappa shape index (κ1) is 29.5. The Morgan fingerprint density at radius 3 is 1.39 bits per heavy atom. The Morgan fingerprint density at radius 1 is 0.710 bits per heavy atom. The quantitative estimate of drug-likeness (QED) is 0.208. The fraction of sp³-hybridized carbons (Fsp3) is 0.789. The largest absolute Gasteiger partial charge is 0.454 e. The number of allylic oxidation sites excluding steroid dienone is 1. The molecule has 0 aromatic rings. The normalized spacial score (nSPS) is 16.5. The van der Waals surface area contributed by atoms with Gasteiger partial charge in [-0.15, -0.1) is 0 Å². The summed E-state index contributed by atoms with van der Waals surface area (Å²) in [6, 6.07) is -2.70. The Kier molecular flexibility index (Phi) is 9.52. The Balaban J connectivity index is 6.65. The first-order valence-corrected chi connectivity index (χ1v) is 9.45. The van der Waals surface area contributed by atoms with Gasteiger partial charge >= 0.3 is 23.9 Å². The minimum atomic E-state index is -5.01. The van der Waals surface area contributed by atoms with Crippen molar-refractivity contribution in [1.29, 1.82) is 0 Å². The minimum absolute atomic E-state index is 0.00389. The molecule has 0 rings (SSSR count). The molecule has 0 aliphatic carbocycles. The molecule has 1 unspecified atom stereocenters. The van der Waals surface area contributed by atoms with Crippen LogP contribution in [0.15, 0.2) is 23.7 Å². The van der Waals surface area contributed by atoms with Crippen LogP contribution in [0.4, 0.5) is 43.9 Å². The average molecular weight is 476 g/mol. The van der Waals surface area contributed by atoms with Gasteiger partial charge in [-0.05, 0) is 32.6 Å². The van der Waals surface area contributed by atoms with Crippen molar-refractivity contribution >= 4 is 0 Å². The van der Waals surface area contributed by atoms with Crippen LogP contribution < -0.4 is 0 Å². The summed E-state index contributed by atoms with van der Waals surface area (Å²) in [7, 11) is 0. The summed E-state index contributed by atoms with van der Waals surface area (Å²) >= 11 is 0. The van der Waals surface area contributed by atoms with Gasteiger partial charge in [-0.25, -0.2) is 13.2 Å². The van der Waals surface area contributed by atoms with Crippen LogP contribution in [0, 0.1) is 0 Å². The highest BCUT2D eigenvalue weighted by molar-refractivity contribution is 5.17. The molecule has 0 N–H and O–H groups in total. The van der Waals surface area contributed by atoms with Crippen molar-refractivity contribution in [2.45, 2.75) is 96.1 Å². The van der Waals surface area contributed by atoms with E-state index in [9.17, 15) is 30.7 Å². The molecule has 0 aromatic carbocycles. The van der Waals surface area contributed by atoms with E-state index in [0.29, 0.717) is 6.92 Å². The molecule has 0 aromatic heterocycles. The molecule has 31 heavy (non-hydrogen) atoms. The van der Waals surface area contributed by atoms with E-state index in [1.165, 1.54) is 0 Å². The summed E-state index contributed by atoms with van der Waals surface area (Å²) in [6.07, 6.45) is -6.89. The third kappa shape index (κ3) is 5.14. The van der Waals surface area contributed by atoms with Crippen molar-refractivity contribution in [3.63, 3.8) is 0 Å². The Hall–Kier alpha value is -1.46. The van der Waals surface area contributed by atoms with Gasteiger partial charge in [-0.2, -0.15) is 30.7 Å². The molecule has 2 nitrogen and oxygen atoms in total. The predicted molar refractivity (Wildman–Crippen MR) is 93.5 cm³/mol. The van der Waals surface area contributed by atoms with Crippen LogP contribution in [-0.4, -0.2) is 28.9 Å². The average Bonchev–Trinajstić information content (AvgIpc) is 2.68. The van der Waals surface area contributed by atoms with Crippen LogP contribution in [0.3, 0.4) is 0 Å². The van der Waals surface area contributed by atoms with E-state index in [2.05, 4.69) is 9.47 Å². The number of alkyl halides is 5. The number of hydrogen-bond acceptors (Lipinski definition) is 2. The molecule has 0 radical (unpaired) electrons. The van der Waals surface area contributed by atoms with Gasteiger partial charge in [0.15, 0.2) is 5.60 Å². The molecular weight excluding hydrogens is 450 g/mol. The lowest BCUT2D eigenvalue weighted by molar-refractivity contribution is -0.381. The second kappa shape index (κ2) is 9.99. The summed E-state index contributed by atoms with van der Waals surface area (Å²) in [5.74, 6) is -18.9. The van der Waals surface area contributed by atoms with Crippen LogP contribution in [-0.2, 0) is 9.47 Å². The SMILES string of the molecule is CCC(CC)(OC(C)(F)C(F)(F)C(CC)(CC)OC(F)=C(F)F)C(F)(F)/C(F)=C(\C)F. The zero-order valence-corrected chi connectivity index (χ0v) is 17.9. The summed E-state index contributed by atoms with van der Waals surface area (Å²) < 4.78 is 149. The van der Waals surface area contributed by atoms with Gasteiger partial charge in [0.1, 0.15) is 11.4 Å². The summed E-state index contributed by atoms with van der Waals surface area (Å²) in [5.41, 5.74) is -6.58. The van der Waals surface area contributed by atoms with Gasteiger partial charge in [0.2, 0.25) is 5.83 Å². The van der Waals surface area contributed by atoms with Gasteiger partial charge in [-0.1, -0.05) is 27.7 Å². The maximum atomic E-state index is 15.3. The highest BCUT2D eigenvalue weighted by Crippen LogP contribution is 2.54. The van der Waals surface area contributed by atoms with Crippen LogP contribution in [0.1, 0.15) is 67.2 Å². The second-order valence-electron chi connectivity index (χ2n) is 7.05. The Labute approximate surface area is 174 Å². The van der Waals surface area contributed by atoms with Gasteiger partial charge in [0.25, 0.3) is 5.85 Å². The van der Waals surface area contributed by atoms with Crippen molar-refractivity contribution in [2.75, 3.05) is 0 Å². The van der Waals surface area contributed by atoms with E-state index in [-0.39, 0.29) is 6.92 Å². The third-order valence-electron chi connectivity index (χ3n) is 5.39. The minimum Gasteiger partial charge on any atom is -0.454 e. The zero-order chi connectivity index (χ0) is 25.1. The molecule has 184 valence electrons. The van der Waals surface area contributed by atoms with E-state index >= 15 is 13.2 Å². The molecular formula is C19H26F10O2. The molecule has 12 heteroatoms. The topological polar surface area (TPSA) is 18.5 Å². The van der Waals surface area contributed by atoms with Crippen LogP contribution >= 0.6 is 0 Å². The molecule has 0 saturated heterocycles. The van der Waals surface area contributed by atoms with Gasteiger partial charge < -0.3 is 9.47 Å². The van der Waals surface area contributed by atoms with Gasteiger partial charge in [0, 0.05) is 6.92 Å². The molecule has 0 amide bonds. The number of hydrogen-bond donors (Lipinski definition) is 0. The molecule has 0 saturated carbocycles. The number of rotatable bonds is 12. The van der Waals surface area contributed by atoms with Crippen molar-refractivity contribution in [2.24, 2.45) is 0 Å². The summed E-state index contributed by atoms with van der Waals surface area (Å²) in [6.45, 7) is 4.11. The highest BCUT2D eigenvalue weighted by Gasteiger charge is 2.71. The summed E-state index contributed by atoms with van der Waals surface area (Å²) in [4.78, 5) is 0. The third-order valence-corrected chi connectivity index (χ3v) is 5.39. The van der Waals surface area contributed by atoms with Crippen LogP contribution in [0.25, 0.3) is 0 Å². The molecule has 0 spiro atoms. The predicted octanol–water partition coefficient (Wildman–Crippen LogP) is 8.30. The number of ether oxygens (including phenoxy) is 2. The molecule has 1 atom stereocenters. The van der Waals surface area contributed by atoms with Crippen molar-refractivity contribution < 1.29 is 53.4 Å². The lowest BCUT2D eigenvalue weighted by Crippen LogP contribution is -2.65. The van der Waals surface area contributed by atoms with E-state index in [1.54, 1.807) is 0 Å². The fourth-order valence-corrected chi connectivity index (χ4v) is 3.27.